The van der Waals surface area contributed by atoms with Crippen molar-refractivity contribution in [2.75, 3.05) is 20.3 Å². The first-order valence-electron chi connectivity index (χ1n) is 6.57. The van der Waals surface area contributed by atoms with E-state index in [0.29, 0.717) is 12.0 Å². The highest BCUT2D eigenvalue weighted by atomic mass is 16.5. The first-order chi connectivity index (χ1) is 10.6. The minimum absolute atomic E-state index is 0.206. The fourth-order valence-electron chi connectivity index (χ4n) is 1.54. The highest BCUT2D eigenvalue weighted by Crippen LogP contribution is 2.05. The molecule has 0 atom stereocenters. The van der Waals surface area contributed by atoms with Gasteiger partial charge in [0.15, 0.2) is 6.61 Å². The normalized spacial score (nSPS) is 9.45. The van der Waals surface area contributed by atoms with Crippen LogP contribution in [0.4, 0.5) is 0 Å². The number of nitriles is 1. The summed E-state index contributed by atoms with van der Waals surface area (Å²) in [5, 5.41) is 11.3. The van der Waals surface area contributed by atoms with Gasteiger partial charge in [0.25, 0.3) is 5.91 Å². The van der Waals surface area contributed by atoms with Crippen LogP contribution in [0.1, 0.15) is 28.8 Å². The molecule has 0 unspecified atom stereocenters. The lowest BCUT2D eigenvalue weighted by molar-refractivity contribution is -0.140. The lowest BCUT2D eigenvalue weighted by atomic mass is 10.1. The third-order valence-corrected chi connectivity index (χ3v) is 2.67. The van der Waals surface area contributed by atoms with Crippen molar-refractivity contribution in [1.29, 1.82) is 5.26 Å². The lowest BCUT2D eigenvalue weighted by Gasteiger charge is -2.06. The fourth-order valence-corrected chi connectivity index (χ4v) is 1.54. The molecule has 1 rings (SSSR count). The molecule has 0 bridgehead atoms. The summed E-state index contributed by atoms with van der Waals surface area (Å²) in [6.45, 7) is -0.136. The van der Waals surface area contributed by atoms with Crippen LogP contribution in [0.5, 0.6) is 0 Å². The number of ether oxygens (including phenoxy) is 2. The standard InChI is InChI=1S/C15H16N2O5/c1-21-14(19)6-3-7-17-13(18)10-22-15(20)12-5-2-4-11(8-12)9-16/h2,4-5,8H,3,6-7,10H2,1H3,(H,17,18). The van der Waals surface area contributed by atoms with Crippen molar-refractivity contribution < 1.29 is 23.9 Å². The van der Waals surface area contributed by atoms with E-state index in [0.717, 1.165) is 0 Å². The van der Waals surface area contributed by atoms with Crippen LogP contribution >= 0.6 is 0 Å². The maximum atomic E-state index is 11.7. The molecule has 0 aliphatic carbocycles. The Hall–Kier alpha value is -2.88. The third kappa shape index (κ3) is 6.05. The minimum atomic E-state index is -0.679. The molecule has 0 spiro atoms. The summed E-state index contributed by atoms with van der Waals surface area (Å²) in [5.74, 6) is -1.49. The molecule has 1 aromatic carbocycles. The van der Waals surface area contributed by atoms with Gasteiger partial charge in [-0.2, -0.15) is 5.26 Å². The first kappa shape index (κ1) is 17.2. The van der Waals surface area contributed by atoms with E-state index in [2.05, 4.69) is 10.1 Å². The Labute approximate surface area is 127 Å². The molecule has 1 aromatic rings. The molecule has 1 amide bonds. The zero-order valence-corrected chi connectivity index (χ0v) is 12.1. The van der Waals surface area contributed by atoms with Crippen molar-refractivity contribution in [3.8, 4) is 6.07 Å². The van der Waals surface area contributed by atoms with Crippen LogP contribution in [0, 0.1) is 11.3 Å². The van der Waals surface area contributed by atoms with Gasteiger partial charge in [-0.05, 0) is 24.6 Å². The van der Waals surface area contributed by atoms with Crippen molar-refractivity contribution >= 4 is 17.8 Å². The number of nitrogens with one attached hydrogen (secondary N) is 1. The number of hydrogen-bond acceptors (Lipinski definition) is 6. The maximum Gasteiger partial charge on any atom is 0.338 e. The number of benzene rings is 1. The van der Waals surface area contributed by atoms with Crippen molar-refractivity contribution in [3.63, 3.8) is 0 Å². The molecule has 0 radical (unpaired) electrons. The molecule has 0 fully saturated rings. The number of amides is 1. The van der Waals surface area contributed by atoms with Gasteiger partial charge in [-0.15, -0.1) is 0 Å². The van der Waals surface area contributed by atoms with Crippen LogP contribution in [-0.2, 0) is 19.1 Å². The van der Waals surface area contributed by atoms with E-state index in [9.17, 15) is 14.4 Å². The summed E-state index contributed by atoms with van der Waals surface area (Å²) < 4.78 is 9.30. The molecule has 7 nitrogen and oxygen atoms in total. The molecule has 0 aliphatic rings. The molecule has 0 aromatic heterocycles. The predicted molar refractivity (Wildman–Crippen MR) is 75.7 cm³/mol. The van der Waals surface area contributed by atoms with Crippen LogP contribution in [0.25, 0.3) is 0 Å². The number of carbonyl (C=O) groups is 3. The monoisotopic (exact) mass is 304 g/mol. The maximum absolute atomic E-state index is 11.7. The van der Waals surface area contributed by atoms with E-state index in [4.69, 9.17) is 10.00 Å². The zero-order chi connectivity index (χ0) is 16.4. The van der Waals surface area contributed by atoms with E-state index in [1.54, 1.807) is 12.1 Å². The average Bonchev–Trinajstić information content (AvgIpc) is 2.56. The summed E-state index contributed by atoms with van der Waals surface area (Å²) in [6.07, 6.45) is 0.647. The first-order valence-corrected chi connectivity index (χ1v) is 6.57. The Balaban J connectivity index is 2.30. The van der Waals surface area contributed by atoms with E-state index in [1.807, 2.05) is 6.07 Å². The van der Waals surface area contributed by atoms with Gasteiger partial charge in [-0.25, -0.2) is 4.79 Å². The van der Waals surface area contributed by atoms with E-state index in [1.165, 1.54) is 19.2 Å². The van der Waals surface area contributed by atoms with E-state index < -0.39 is 18.5 Å². The molecular formula is C15H16N2O5. The third-order valence-electron chi connectivity index (χ3n) is 2.67. The number of nitrogens with zero attached hydrogens (tertiary/aromatic N) is 1. The Morgan fingerprint density at radius 1 is 1.32 bits per heavy atom. The number of esters is 2. The highest BCUT2D eigenvalue weighted by Gasteiger charge is 2.10. The van der Waals surface area contributed by atoms with E-state index >= 15 is 0 Å². The fraction of sp³-hybridized carbons (Fsp3) is 0.333. The highest BCUT2D eigenvalue weighted by molar-refractivity contribution is 5.91. The van der Waals surface area contributed by atoms with Gasteiger partial charge in [-0.1, -0.05) is 6.07 Å². The lowest BCUT2D eigenvalue weighted by Crippen LogP contribution is -2.29. The van der Waals surface area contributed by atoms with Gasteiger partial charge in [0, 0.05) is 13.0 Å². The predicted octanol–water partition coefficient (Wildman–Crippen LogP) is 0.784. The van der Waals surface area contributed by atoms with Crippen molar-refractivity contribution in [3.05, 3.63) is 35.4 Å². The summed E-state index contributed by atoms with van der Waals surface area (Å²) in [6, 6.07) is 7.91. The smallest absolute Gasteiger partial charge is 0.338 e. The molecule has 116 valence electrons. The van der Waals surface area contributed by atoms with Gasteiger partial charge < -0.3 is 14.8 Å². The van der Waals surface area contributed by atoms with Gasteiger partial charge in [-0.3, -0.25) is 9.59 Å². The Morgan fingerprint density at radius 3 is 2.77 bits per heavy atom. The average molecular weight is 304 g/mol. The number of carbonyl (C=O) groups excluding carboxylic acids is 3. The number of methoxy groups -OCH3 is 1. The van der Waals surface area contributed by atoms with Crippen molar-refractivity contribution in [1.82, 2.24) is 5.32 Å². The molecular weight excluding hydrogens is 288 g/mol. The molecule has 7 heteroatoms. The molecule has 22 heavy (non-hydrogen) atoms. The zero-order valence-electron chi connectivity index (χ0n) is 12.1. The largest absolute Gasteiger partial charge is 0.469 e. The Kier molecular flexibility index (Phi) is 7.13. The molecule has 0 heterocycles. The van der Waals surface area contributed by atoms with E-state index in [-0.39, 0.29) is 24.5 Å². The number of rotatable bonds is 7. The second kappa shape index (κ2) is 9.13. The SMILES string of the molecule is COC(=O)CCCNC(=O)COC(=O)c1cccc(C#N)c1. The molecule has 0 saturated heterocycles. The summed E-state index contributed by atoms with van der Waals surface area (Å²) in [7, 11) is 1.29. The van der Waals surface area contributed by atoms with Crippen LogP contribution in [-0.4, -0.2) is 38.1 Å². The Morgan fingerprint density at radius 2 is 2.09 bits per heavy atom. The van der Waals surface area contributed by atoms with Gasteiger partial charge in [0.1, 0.15) is 0 Å². The quantitative estimate of drug-likeness (QED) is 0.589. The molecule has 0 aliphatic heterocycles. The van der Waals surface area contributed by atoms with Crippen LogP contribution in [0.3, 0.4) is 0 Å². The van der Waals surface area contributed by atoms with Crippen LogP contribution in [0.15, 0.2) is 24.3 Å². The van der Waals surface area contributed by atoms with Crippen LogP contribution < -0.4 is 5.32 Å². The second-order valence-electron chi connectivity index (χ2n) is 4.30. The number of hydrogen-bond donors (Lipinski definition) is 1. The van der Waals surface area contributed by atoms with Crippen molar-refractivity contribution in [2.24, 2.45) is 0 Å². The Bertz CT molecular complexity index is 592. The molecule has 0 saturated carbocycles. The summed E-state index contributed by atoms with van der Waals surface area (Å²) >= 11 is 0. The van der Waals surface area contributed by atoms with Crippen molar-refractivity contribution in [2.45, 2.75) is 12.8 Å². The summed E-state index contributed by atoms with van der Waals surface area (Å²) in [5.41, 5.74) is 0.541. The minimum Gasteiger partial charge on any atom is -0.469 e. The molecule has 1 N–H and O–H groups in total. The summed E-state index contributed by atoms with van der Waals surface area (Å²) in [4.78, 5) is 34.0. The van der Waals surface area contributed by atoms with Gasteiger partial charge in [0.05, 0.1) is 24.3 Å². The second-order valence-corrected chi connectivity index (χ2v) is 4.30. The van der Waals surface area contributed by atoms with Gasteiger partial charge in [0.2, 0.25) is 0 Å². The van der Waals surface area contributed by atoms with Crippen LogP contribution in [0.2, 0.25) is 0 Å². The van der Waals surface area contributed by atoms with Gasteiger partial charge >= 0.3 is 11.9 Å². The topological polar surface area (TPSA) is 105 Å².